The quantitative estimate of drug-likeness (QED) is 0.489. The number of nitrogens with zero attached hydrogens (tertiary/aromatic N) is 4. The van der Waals surface area contributed by atoms with E-state index in [1.165, 1.54) is 6.07 Å². The fourth-order valence-electron chi connectivity index (χ4n) is 3.59. The number of amides is 1. The summed E-state index contributed by atoms with van der Waals surface area (Å²) in [7, 11) is 1.68. The van der Waals surface area contributed by atoms with Crippen molar-refractivity contribution in [1.29, 1.82) is 0 Å². The van der Waals surface area contributed by atoms with Crippen molar-refractivity contribution in [2.75, 3.05) is 38.6 Å². The van der Waals surface area contributed by atoms with Gasteiger partial charge in [0.1, 0.15) is 16.8 Å². The molecule has 0 radical (unpaired) electrons. The van der Waals surface area contributed by atoms with Crippen LogP contribution in [0.2, 0.25) is 0 Å². The van der Waals surface area contributed by atoms with Gasteiger partial charge in [-0.2, -0.15) is 0 Å². The Morgan fingerprint density at radius 2 is 2.06 bits per heavy atom. The van der Waals surface area contributed by atoms with Crippen molar-refractivity contribution in [3.05, 3.63) is 50.5 Å². The minimum absolute atomic E-state index is 0.00169. The van der Waals surface area contributed by atoms with E-state index in [2.05, 4.69) is 25.5 Å². The largest absolute Gasteiger partial charge is 0.375 e. The van der Waals surface area contributed by atoms with Gasteiger partial charge in [-0.1, -0.05) is 12.1 Å². The summed E-state index contributed by atoms with van der Waals surface area (Å²) in [6, 6.07) is 5.82. The average Bonchev–Trinajstić information content (AvgIpc) is 3.10. The molecule has 31 heavy (non-hydrogen) atoms. The Hall–Kier alpha value is -2.40. The van der Waals surface area contributed by atoms with Gasteiger partial charge >= 0.3 is 0 Å². The number of carbonyl (C=O) groups excluding carboxylic acids is 1. The molecule has 0 spiro atoms. The summed E-state index contributed by atoms with van der Waals surface area (Å²) in [5.74, 6) is -0.236. The van der Waals surface area contributed by atoms with Gasteiger partial charge in [0.2, 0.25) is 5.91 Å². The molecular formula is C21H29N5O4S. The third-order valence-corrected chi connectivity index (χ3v) is 6.62. The summed E-state index contributed by atoms with van der Waals surface area (Å²) < 4.78 is 5.34. The van der Waals surface area contributed by atoms with Gasteiger partial charge in [0, 0.05) is 44.7 Å². The molecule has 10 heteroatoms. The maximum absolute atomic E-state index is 12.8. The molecule has 2 heterocycles. The number of nitro groups is 1. The fraction of sp³-hybridized carbons (Fsp3) is 0.524. The van der Waals surface area contributed by atoms with E-state index in [1.807, 2.05) is 13.8 Å². The van der Waals surface area contributed by atoms with E-state index in [4.69, 9.17) is 4.74 Å². The number of thiazole rings is 1. The van der Waals surface area contributed by atoms with Crippen LogP contribution in [0.3, 0.4) is 0 Å². The number of benzene rings is 1. The van der Waals surface area contributed by atoms with Crippen LogP contribution in [0.5, 0.6) is 0 Å². The maximum atomic E-state index is 12.8. The molecule has 1 amide bonds. The molecule has 168 valence electrons. The highest BCUT2D eigenvalue weighted by Crippen LogP contribution is 2.24. The maximum Gasteiger partial charge on any atom is 0.292 e. The lowest BCUT2D eigenvalue weighted by atomic mass is 10.2. The zero-order chi connectivity index (χ0) is 22.4. The van der Waals surface area contributed by atoms with Crippen LogP contribution < -0.4 is 5.32 Å². The highest BCUT2D eigenvalue weighted by atomic mass is 32.1. The van der Waals surface area contributed by atoms with Crippen LogP contribution in [0.4, 0.5) is 11.4 Å². The number of hydrogen-bond donors (Lipinski definition) is 1. The summed E-state index contributed by atoms with van der Waals surface area (Å²) in [6.07, 6.45) is 0.937. The lowest BCUT2D eigenvalue weighted by Crippen LogP contribution is -2.44. The van der Waals surface area contributed by atoms with E-state index in [0.717, 1.165) is 49.8 Å². The molecule has 2 aromatic rings. The lowest BCUT2D eigenvalue weighted by Gasteiger charge is -2.26. The van der Waals surface area contributed by atoms with E-state index >= 15 is 0 Å². The van der Waals surface area contributed by atoms with Crippen molar-refractivity contribution in [3.8, 4) is 0 Å². The van der Waals surface area contributed by atoms with Gasteiger partial charge < -0.3 is 10.1 Å². The SMILES string of the molecule is COC(C)c1nc(CN2CCCN(C(C)C(=O)Nc3ccccc3[N+](=O)[O-])CC2)cs1. The first-order chi connectivity index (χ1) is 14.9. The Bertz CT molecular complexity index is 905. The minimum atomic E-state index is -0.485. The number of para-hydroxylation sites is 2. The summed E-state index contributed by atoms with van der Waals surface area (Å²) in [4.78, 5) is 32.6. The van der Waals surface area contributed by atoms with E-state index < -0.39 is 4.92 Å². The van der Waals surface area contributed by atoms with Gasteiger partial charge in [-0.3, -0.25) is 24.7 Å². The van der Waals surface area contributed by atoms with Crippen LogP contribution >= 0.6 is 11.3 Å². The van der Waals surface area contributed by atoms with Crippen LogP contribution in [-0.4, -0.2) is 64.9 Å². The van der Waals surface area contributed by atoms with Crippen LogP contribution in [-0.2, 0) is 16.1 Å². The Morgan fingerprint density at radius 3 is 2.81 bits per heavy atom. The first kappa shape index (κ1) is 23.3. The standard InChI is InChI=1S/C21H29N5O4S/c1-15(20(27)23-18-7-4-5-8-19(18)26(28)29)25-10-6-9-24(11-12-25)13-17-14-31-21(22-17)16(2)30-3/h4-5,7-8,14-16H,6,9-13H2,1-3H3,(H,23,27). The predicted molar refractivity (Wildman–Crippen MR) is 120 cm³/mol. The smallest absolute Gasteiger partial charge is 0.292 e. The second-order valence-electron chi connectivity index (χ2n) is 7.66. The number of rotatable bonds is 8. The number of nitro benzene ring substituents is 1. The van der Waals surface area contributed by atoms with Crippen LogP contribution in [0, 0.1) is 10.1 Å². The van der Waals surface area contributed by atoms with Gasteiger partial charge in [0.25, 0.3) is 5.69 Å². The first-order valence-corrected chi connectivity index (χ1v) is 11.2. The molecule has 1 N–H and O–H groups in total. The van der Waals surface area contributed by atoms with Gasteiger partial charge in [-0.15, -0.1) is 11.3 Å². The molecule has 2 atom stereocenters. The highest BCUT2D eigenvalue weighted by Gasteiger charge is 2.26. The van der Waals surface area contributed by atoms with Crippen molar-refractivity contribution < 1.29 is 14.5 Å². The molecular weight excluding hydrogens is 418 g/mol. The number of hydrogen-bond acceptors (Lipinski definition) is 8. The van der Waals surface area contributed by atoms with Crippen LogP contribution in [0.15, 0.2) is 29.6 Å². The molecule has 1 aromatic heterocycles. The normalized spacial score (nSPS) is 17.6. The molecule has 1 saturated heterocycles. The molecule has 3 rings (SSSR count). The average molecular weight is 448 g/mol. The molecule has 9 nitrogen and oxygen atoms in total. The molecule has 1 aliphatic heterocycles. The molecule has 0 bridgehead atoms. The van der Waals surface area contributed by atoms with Crippen molar-refractivity contribution in [2.45, 2.75) is 39.0 Å². The zero-order valence-corrected chi connectivity index (χ0v) is 18.9. The third kappa shape index (κ3) is 6.07. The van der Waals surface area contributed by atoms with E-state index in [-0.39, 0.29) is 29.4 Å². The summed E-state index contributed by atoms with van der Waals surface area (Å²) in [6.45, 7) is 7.92. The van der Waals surface area contributed by atoms with Crippen LogP contribution in [0.1, 0.15) is 37.1 Å². The summed E-state index contributed by atoms with van der Waals surface area (Å²) >= 11 is 1.62. The number of nitrogens with one attached hydrogen (secondary N) is 1. The number of aromatic nitrogens is 1. The zero-order valence-electron chi connectivity index (χ0n) is 18.1. The van der Waals surface area contributed by atoms with Crippen molar-refractivity contribution in [2.24, 2.45) is 0 Å². The van der Waals surface area contributed by atoms with Crippen molar-refractivity contribution in [1.82, 2.24) is 14.8 Å². The first-order valence-electron chi connectivity index (χ1n) is 10.4. The molecule has 1 fully saturated rings. The monoisotopic (exact) mass is 447 g/mol. The summed E-state index contributed by atoms with van der Waals surface area (Å²) in [5.41, 5.74) is 1.17. The van der Waals surface area contributed by atoms with E-state index in [9.17, 15) is 14.9 Å². The summed E-state index contributed by atoms with van der Waals surface area (Å²) in [5, 5.41) is 17.0. The molecule has 1 aromatic carbocycles. The lowest BCUT2D eigenvalue weighted by molar-refractivity contribution is -0.383. The number of carbonyl (C=O) groups is 1. The number of ether oxygens (including phenoxy) is 1. The van der Waals surface area contributed by atoms with Crippen molar-refractivity contribution >= 4 is 28.6 Å². The second kappa shape index (κ2) is 10.8. The van der Waals surface area contributed by atoms with Gasteiger partial charge in [0.15, 0.2) is 0 Å². The predicted octanol–water partition coefficient (Wildman–Crippen LogP) is 3.29. The number of anilines is 1. The van der Waals surface area contributed by atoms with Gasteiger partial charge in [-0.25, -0.2) is 4.98 Å². The molecule has 1 aliphatic rings. The highest BCUT2D eigenvalue weighted by molar-refractivity contribution is 7.09. The van der Waals surface area contributed by atoms with Crippen LogP contribution in [0.25, 0.3) is 0 Å². The van der Waals surface area contributed by atoms with Gasteiger partial charge in [-0.05, 0) is 32.9 Å². The fourth-order valence-corrected chi connectivity index (χ4v) is 4.43. The Morgan fingerprint density at radius 1 is 1.29 bits per heavy atom. The molecule has 0 saturated carbocycles. The van der Waals surface area contributed by atoms with E-state index in [0.29, 0.717) is 0 Å². The molecule has 2 unspecified atom stereocenters. The topological polar surface area (TPSA) is 101 Å². The minimum Gasteiger partial charge on any atom is -0.375 e. The molecule has 0 aliphatic carbocycles. The Labute approximate surface area is 186 Å². The van der Waals surface area contributed by atoms with Crippen molar-refractivity contribution in [3.63, 3.8) is 0 Å². The third-order valence-electron chi connectivity index (χ3n) is 5.57. The Kier molecular flexibility index (Phi) is 8.08. The number of methoxy groups -OCH3 is 1. The van der Waals surface area contributed by atoms with E-state index in [1.54, 1.807) is 36.6 Å². The second-order valence-corrected chi connectivity index (χ2v) is 8.55. The van der Waals surface area contributed by atoms with Gasteiger partial charge in [0.05, 0.1) is 16.7 Å². The Balaban J connectivity index is 1.55.